The molecule has 0 bridgehead atoms. The Hall–Kier alpha value is -2.42. The summed E-state index contributed by atoms with van der Waals surface area (Å²) in [6.45, 7) is 6.35. The molecule has 0 radical (unpaired) electrons. The Labute approximate surface area is 146 Å². The van der Waals surface area contributed by atoms with Crippen molar-refractivity contribution in [3.8, 4) is 0 Å². The molecule has 0 unspecified atom stereocenters. The van der Waals surface area contributed by atoms with E-state index in [1.165, 1.54) is 12.8 Å². The lowest BCUT2D eigenvalue weighted by Gasteiger charge is -2.27. The van der Waals surface area contributed by atoms with Gasteiger partial charge >= 0.3 is 6.03 Å². The molecule has 9 nitrogen and oxygen atoms in total. The molecular weight excluding hydrogens is 324 g/mol. The van der Waals surface area contributed by atoms with Crippen molar-refractivity contribution in [1.29, 1.82) is 0 Å². The van der Waals surface area contributed by atoms with E-state index in [4.69, 9.17) is 0 Å². The fraction of sp³-hybridized carbons (Fsp3) is 0.625. The van der Waals surface area contributed by atoms with Crippen LogP contribution >= 0.6 is 0 Å². The predicted molar refractivity (Wildman–Crippen MR) is 89.3 cm³/mol. The van der Waals surface area contributed by atoms with E-state index in [9.17, 15) is 14.4 Å². The number of fused-ring (bicyclic) bond motifs is 1. The molecule has 1 fully saturated rings. The third kappa shape index (κ3) is 4.36. The number of urea groups is 1. The van der Waals surface area contributed by atoms with Crippen molar-refractivity contribution < 1.29 is 14.4 Å². The lowest BCUT2D eigenvalue weighted by atomic mass is 10.2. The van der Waals surface area contributed by atoms with Crippen molar-refractivity contribution in [2.24, 2.45) is 0 Å². The maximum absolute atomic E-state index is 12.0. The molecule has 3 rings (SSSR count). The quantitative estimate of drug-likeness (QED) is 0.587. The molecule has 2 aliphatic rings. The SMILES string of the molecule is CCCCN1CCn2nc(CNC(=O)C[C@H]3NC(=O)NC3=O)cc2C1. The highest BCUT2D eigenvalue weighted by molar-refractivity contribution is 6.05. The molecule has 1 aromatic rings. The van der Waals surface area contributed by atoms with Gasteiger partial charge in [0.05, 0.1) is 30.9 Å². The number of carbonyl (C=O) groups excluding carboxylic acids is 3. The first-order valence-electron chi connectivity index (χ1n) is 8.71. The largest absolute Gasteiger partial charge is 0.350 e. The van der Waals surface area contributed by atoms with E-state index in [1.54, 1.807) is 0 Å². The Morgan fingerprint density at radius 3 is 2.96 bits per heavy atom. The van der Waals surface area contributed by atoms with Gasteiger partial charge in [-0.1, -0.05) is 13.3 Å². The Kier molecular flexibility index (Phi) is 5.32. The number of hydrogen-bond donors (Lipinski definition) is 3. The number of amides is 4. The van der Waals surface area contributed by atoms with E-state index < -0.39 is 18.0 Å². The van der Waals surface area contributed by atoms with Crippen LogP contribution in [-0.4, -0.2) is 51.7 Å². The first-order valence-corrected chi connectivity index (χ1v) is 8.71. The standard InChI is InChI=1S/C16H24N6O3/c1-2-3-4-21-5-6-22-12(10-21)7-11(20-22)9-17-14(23)8-13-15(24)19-16(25)18-13/h7,13H,2-6,8-10H2,1H3,(H,17,23)(H2,18,19,24,25)/t13-/m1/s1. The van der Waals surface area contributed by atoms with Crippen molar-refractivity contribution in [3.05, 3.63) is 17.5 Å². The first-order chi connectivity index (χ1) is 12.0. The summed E-state index contributed by atoms with van der Waals surface area (Å²) in [4.78, 5) is 36.8. The van der Waals surface area contributed by atoms with Crippen LogP contribution in [0.3, 0.4) is 0 Å². The molecule has 3 N–H and O–H groups in total. The normalized spacial score (nSPS) is 20.1. The third-order valence-corrected chi connectivity index (χ3v) is 4.47. The zero-order valence-electron chi connectivity index (χ0n) is 14.4. The molecule has 3 heterocycles. The topological polar surface area (TPSA) is 108 Å². The highest BCUT2D eigenvalue weighted by Gasteiger charge is 2.31. The molecular formula is C16H24N6O3. The molecule has 0 aliphatic carbocycles. The molecule has 0 aromatic carbocycles. The fourth-order valence-corrected chi connectivity index (χ4v) is 3.09. The maximum Gasteiger partial charge on any atom is 0.322 e. The molecule has 4 amide bonds. The van der Waals surface area contributed by atoms with Crippen molar-refractivity contribution in [3.63, 3.8) is 0 Å². The van der Waals surface area contributed by atoms with Gasteiger partial charge in [-0.05, 0) is 19.0 Å². The summed E-state index contributed by atoms with van der Waals surface area (Å²) in [7, 11) is 0. The summed E-state index contributed by atoms with van der Waals surface area (Å²) in [5, 5.41) is 11.8. The number of aromatic nitrogens is 2. The lowest BCUT2D eigenvalue weighted by Crippen LogP contribution is -2.36. The highest BCUT2D eigenvalue weighted by atomic mass is 16.2. The third-order valence-electron chi connectivity index (χ3n) is 4.47. The van der Waals surface area contributed by atoms with Gasteiger partial charge in [0.25, 0.3) is 5.91 Å². The van der Waals surface area contributed by atoms with E-state index >= 15 is 0 Å². The van der Waals surface area contributed by atoms with Crippen LogP contribution in [0.5, 0.6) is 0 Å². The molecule has 136 valence electrons. The van der Waals surface area contributed by atoms with Gasteiger partial charge in [0.2, 0.25) is 5.91 Å². The van der Waals surface area contributed by atoms with E-state index in [0.29, 0.717) is 6.54 Å². The minimum atomic E-state index is -0.796. The zero-order chi connectivity index (χ0) is 17.8. The van der Waals surface area contributed by atoms with Gasteiger partial charge in [0, 0.05) is 13.1 Å². The van der Waals surface area contributed by atoms with Crippen molar-refractivity contribution in [2.75, 3.05) is 13.1 Å². The van der Waals surface area contributed by atoms with Crippen LogP contribution < -0.4 is 16.0 Å². The Bertz CT molecular complexity index is 671. The second kappa shape index (κ2) is 7.64. The molecule has 9 heteroatoms. The molecule has 25 heavy (non-hydrogen) atoms. The Balaban J connectivity index is 1.48. The summed E-state index contributed by atoms with van der Waals surface area (Å²) in [5.74, 6) is -0.761. The summed E-state index contributed by atoms with van der Waals surface area (Å²) in [6.07, 6.45) is 2.31. The Morgan fingerprint density at radius 2 is 2.24 bits per heavy atom. The van der Waals surface area contributed by atoms with Crippen LogP contribution in [-0.2, 0) is 29.2 Å². The molecule has 1 aromatic heterocycles. The number of imide groups is 1. The van der Waals surface area contributed by atoms with Crippen LogP contribution in [0.15, 0.2) is 6.07 Å². The van der Waals surface area contributed by atoms with Crippen molar-refractivity contribution in [2.45, 2.75) is 51.9 Å². The zero-order valence-corrected chi connectivity index (χ0v) is 14.4. The number of hydrogen-bond acceptors (Lipinski definition) is 5. The van der Waals surface area contributed by atoms with E-state index in [-0.39, 0.29) is 12.3 Å². The minimum absolute atomic E-state index is 0.0735. The molecule has 1 saturated heterocycles. The summed E-state index contributed by atoms with van der Waals surface area (Å²) in [5.41, 5.74) is 1.97. The van der Waals surface area contributed by atoms with Crippen LogP contribution in [0.2, 0.25) is 0 Å². The lowest BCUT2D eigenvalue weighted by molar-refractivity contribution is -0.126. The number of carbonyl (C=O) groups is 3. The fourth-order valence-electron chi connectivity index (χ4n) is 3.09. The Morgan fingerprint density at radius 1 is 1.40 bits per heavy atom. The highest BCUT2D eigenvalue weighted by Crippen LogP contribution is 2.14. The molecule has 2 aliphatic heterocycles. The second-order valence-electron chi connectivity index (χ2n) is 6.48. The summed E-state index contributed by atoms with van der Waals surface area (Å²) in [6, 6.07) is 0.662. The average Bonchev–Trinajstić information content (AvgIpc) is 3.12. The van der Waals surface area contributed by atoms with Crippen LogP contribution in [0, 0.1) is 0 Å². The molecule has 0 saturated carbocycles. The second-order valence-corrected chi connectivity index (χ2v) is 6.48. The van der Waals surface area contributed by atoms with Gasteiger partial charge in [-0.15, -0.1) is 0 Å². The minimum Gasteiger partial charge on any atom is -0.350 e. The van der Waals surface area contributed by atoms with Gasteiger partial charge in [-0.25, -0.2) is 4.79 Å². The predicted octanol–water partition coefficient (Wildman–Crippen LogP) is -0.287. The van der Waals surface area contributed by atoms with E-state index in [0.717, 1.165) is 37.6 Å². The van der Waals surface area contributed by atoms with Gasteiger partial charge in [-0.3, -0.25) is 24.5 Å². The number of nitrogens with one attached hydrogen (secondary N) is 3. The first kappa shape index (κ1) is 17.4. The number of unbranched alkanes of at least 4 members (excludes halogenated alkanes) is 1. The van der Waals surface area contributed by atoms with E-state index in [1.807, 2.05) is 10.7 Å². The maximum atomic E-state index is 12.0. The van der Waals surface area contributed by atoms with Gasteiger partial charge < -0.3 is 10.6 Å². The summed E-state index contributed by atoms with van der Waals surface area (Å²) >= 11 is 0. The van der Waals surface area contributed by atoms with Gasteiger partial charge in [-0.2, -0.15) is 5.10 Å². The number of nitrogens with zero attached hydrogens (tertiary/aromatic N) is 3. The van der Waals surface area contributed by atoms with Gasteiger partial charge in [0.1, 0.15) is 6.04 Å². The smallest absolute Gasteiger partial charge is 0.322 e. The van der Waals surface area contributed by atoms with Gasteiger partial charge in [0.15, 0.2) is 0 Å². The van der Waals surface area contributed by atoms with Crippen LogP contribution in [0.25, 0.3) is 0 Å². The number of rotatable bonds is 7. The van der Waals surface area contributed by atoms with Crippen molar-refractivity contribution >= 4 is 17.8 Å². The van der Waals surface area contributed by atoms with Crippen LogP contribution in [0.1, 0.15) is 37.6 Å². The molecule has 0 spiro atoms. The average molecular weight is 348 g/mol. The summed E-state index contributed by atoms with van der Waals surface area (Å²) < 4.78 is 1.99. The van der Waals surface area contributed by atoms with Crippen LogP contribution in [0.4, 0.5) is 4.79 Å². The molecule has 1 atom stereocenters. The van der Waals surface area contributed by atoms with Crippen molar-refractivity contribution in [1.82, 2.24) is 30.6 Å². The van der Waals surface area contributed by atoms with E-state index in [2.05, 4.69) is 32.9 Å². The monoisotopic (exact) mass is 348 g/mol.